The third kappa shape index (κ3) is 3.69. The van der Waals surface area contributed by atoms with Gasteiger partial charge in [-0.25, -0.2) is 31.6 Å². The van der Waals surface area contributed by atoms with Crippen LogP contribution in [0.25, 0.3) is 17.2 Å². The molecule has 148 valence electrons. The second kappa shape index (κ2) is 6.58. The van der Waals surface area contributed by atoms with E-state index < -0.39 is 50.7 Å². The topological polar surface area (TPSA) is 77.7 Å². The standard InChI is InChI=1S/C15H8F6N4O2S/c1-28(26,27)7-2-3-12(22-6-7)25-13(23-14(24-25)15(19,20)21)8-4-10(17)11(18)5-9(8)16/h2-6H,1H3. The van der Waals surface area contributed by atoms with Gasteiger partial charge in [-0.05, 0) is 18.2 Å². The Balaban J connectivity index is 2.24. The Morgan fingerprint density at radius 1 is 1.00 bits per heavy atom. The lowest BCUT2D eigenvalue weighted by Gasteiger charge is -2.07. The molecule has 0 saturated heterocycles. The molecule has 1 aromatic carbocycles. The highest BCUT2D eigenvalue weighted by molar-refractivity contribution is 7.90. The van der Waals surface area contributed by atoms with Crippen LogP contribution in [0.2, 0.25) is 0 Å². The Kier molecular flexibility index (Phi) is 4.65. The Labute approximate surface area is 153 Å². The summed E-state index contributed by atoms with van der Waals surface area (Å²) in [6, 6.07) is 2.53. The lowest BCUT2D eigenvalue weighted by Crippen LogP contribution is -2.09. The minimum Gasteiger partial charge on any atom is -0.236 e. The summed E-state index contributed by atoms with van der Waals surface area (Å²) in [7, 11) is -3.64. The first-order chi connectivity index (χ1) is 12.9. The van der Waals surface area contributed by atoms with Crippen molar-refractivity contribution < 1.29 is 34.8 Å². The molecule has 0 radical (unpaired) electrons. The Bertz CT molecular complexity index is 1160. The number of sulfone groups is 1. The second-order valence-corrected chi connectivity index (χ2v) is 7.55. The highest BCUT2D eigenvalue weighted by Crippen LogP contribution is 2.31. The minimum atomic E-state index is -5.03. The highest BCUT2D eigenvalue weighted by Gasteiger charge is 2.38. The van der Waals surface area contributed by atoms with Crippen molar-refractivity contribution in [2.24, 2.45) is 0 Å². The molecule has 28 heavy (non-hydrogen) atoms. The lowest BCUT2D eigenvalue weighted by molar-refractivity contribution is -0.144. The van der Waals surface area contributed by atoms with Crippen LogP contribution in [0.3, 0.4) is 0 Å². The van der Waals surface area contributed by atoms with Crippen LogP contribution in [0.4, 0.5) is 26.3 Å². The molecule has 0 spiro atoms. The Morgan fingerprint density at radius 2 is 1.64 bits per heavy atom. The van der Waals surface area contributed by atoms with Crippen LogP contribution >= 0.6 is 0 Å². The maximum absolute atomic E-state index is 14.1. The van der Waals surface area contributed by atoms with Gasteiger partial charge in [-0.2, -0.15) is 17.9 Å². The van der Waals surface area contributed by atoms with Crippen molar-refractivity contribution in [2.45, 2.75) is 11.1 Å². The molecular formula is C15H8F6N4O2S. The van der Waals surface area contributed by atoms with Crippen LogP contribution in [0.5, 0.6) is 0 Å². The quantitative estimate of drug-likeness (QED) is 0.479. The maximum Gasteiger partial charge on any atom is 0.453 e. The molecular weight excluding hydrogens is 414 g/mol. The van der Waals surface area contributed by atoms with Crippen molar-refractivity contribution in [3.05, 3.63) is 53.7 Å². The third-order valence-electron chi connectivity index (χ3n) is 3.48. The molecule has 6 nitrogen and oxygen atoms in total. The number of benzene rings is 1. The number of hydrogen-bond acceptors (Lipinski definition) is 5. The van der Waals surface area contributed by atoms with E-state index in [0.717, 1.165) is 24.6 Å². The Hall–Kier alpha value is -2.96. The molecule has 3 rings (SSSR count). The van der Waals surface area contributed by atoms with Gasteiger partial charge in [-0.1, -0.05) is 0 Å². The fourth-order valence-corrected chi connectivity index (χ4v) is 2.74. The van der Waals surface area contributed by atoms with E-state index in [2.05, 4.69) is 15.1 Å². The van der Waals surface area contributed by atoms with Crippen molar-refractivity contribution in [3.63, 3.8) is 0 Å². The van der Waals surface area contributed by atoms with E-state index in [9.17, 15) is 34.8 Å². The summed E-state index contributed by atoms with van der Waals surface area (Å²) in [4.78, 5) is 6.63. The number of halogens is 6. The van der Waals surface area contributed by atoms with Gasteiger partial charge in [-0.3, -0.25) is 0 Å². The molecule has 2 heterocycles. The number of nitrogens with zero attached hydrogens (tertiary/aromatic N) is 4. The molecule has 0 aliphatic rings. The number of aromatic nitrogens is 4. The fraction of sp³-hybridized carbons (Fsp3) is 0.133. The molecule has 2 aromatic heterocycles. The summed E-state index contributed by atoms with van der Waals surface area (Å²) < 4.78 is 103. The summed E-state index contributed by atoms with van der Waals surface area (Å²) in [5.41, 5.74) is -0.795. The van der Waals surface area contributed by atoms with Gasteiger partial charge in [0.05, 0.1) is 10.5 Å². The van der Waals surface area contributed by atoms with Crippen molar-refractivity contribution in [3.8, 4) is 17.2 Å². The van der Waals surface area contributed by atoms with Crippen molar-refractivity contribution in [1.29, 1.82) is 0 Å². The molecule has 0 fully saturated rings. The van der Waals surface area contributed by atoms with Gasteiger partial charge in [0.15, 0.2) is 33.1 Å². The summed E-state index contributed by atoms with van der Waals surface area (Å²) in [6.45, 7) is 0. The first-order valence-electron chi connectivity index (χ1n) is 7.23. The highest BCUT2D eigenvalue weighted by atomic mass is 32.2. The molecule has 0 atom stereocenters. The molecule has 0 saturated carbocycles. The van der Waals surface area contributed by atoms with Gasteiger partial charge < -0.3 is 0 Å². The number of pyridine rings is 1. The zero-order valence-corrected chi connectivity index (χ0v) is 14.5. The fourth-order valence-electron chi connectivity index (χ4n) is 2.18. The summed E-state index contributed by atoms with van der Waals surface area (Å²) >= 11 is 0. The molecule has 0 aliphatic heterocycles. The van der Waals surface area contributed by atoms with Crippen LogP contribution in [-0.4, -0.2) is 34.4 Å². The van der Waals surface area contributed by atoms with E-state index in [4.69, 9.17) is 0 Å². The first kappa shape index (κ1) is 19.8. The van der Waals surface area contributed by atoms with Crippen LogP contribution in [0.1, 0.15) is 5.82 Å². The van der Waals surface area contributed by atoms with Gasteiger partial charge in [-0.15, -0.1) is 5.10 Å². The average Bonchev–Trinajstić information content (AvgIpc) is 3.03. The summed E-state index contributed by atoms with van der Waals surface area (Å²) in [5, 5.41) is 3.20. The molecule has 0 N–H and O–H groups in total. The van der Waals surface area contributed by atoms with Crippen LogP contribution in [-0.2, 0) is 16.0 Å². The lowest BCUT2D eigenvalue weighted by atomic mass is 10.2. The number of hydrogen-bond donors (Lipinski definition) is 0. The van der Waals surface area contributed by atoms with Crippen molar-refractivity contribution >= 4 is 9.84 Å². The summed E-state index contributed by atoms with van der Waals surface area (Å²) in [5.74, 6) is -7.27. The second-order valence-electron chi connectivity index (χ2n) is 5.54. The van der Waals surface area contributed by atoms with E-state index in [-0.39, 0.29) is 16.8 Å². The number of alkyl halides is 3. The minimum absolute atomic E-state index is 0.150. The SMILES string of the molecule is CS(=O)(=O)c1ccc(-n2nc(C(F)(F)F)nc2-c2cc(F)c(F)cc2F)nc1. The monoisotopic (exact) mass is 422 g/mol. The third-order valence-corrected chi connectivity index (χ3v) is 4.58. The molecule has 0 amide bonds. The van der Waals surface area contributed by atoms with Gasteiger partial charge in [0, 0.05) is 18.5 Å². The molecule has 0 aliphatic carbocycles. The predicted octanol–water partition coefficient (Wildman–Crippen LogP) is 3.17. The predicted molar refractivity (Wildman–Crippen MR) is 82.6 cm³/mol. The van der Waals surface area contributed by atoms with Crippen LogP contribution in [0, 0.1) is 17.5 Å². The molecule has 0 bridgehead atoms. The smallest absolute Gasteiger partial charge is 0.236 e. The average molecular weight is 422 g/mol. The maximum atomic E-state index is 14.1. The van der Waals surface area contributed by atoms with Gasteiger partial charge in [0.2, 0.25) is 0 Å². The van der Waals surface area contributed by atoms with Crippen molar-refractivity contribution in [2.75, 3.05) is 6.26 Å². The normalized spacial score (nSPS) is 12.4. The zero-order valence-electron chi connectivity index (χ0n) is 13.7. The van der Waals surface area contributed by atoms with E-state index in [0.29, 0.717) is 10.7 Å². The molecule has 3 aromatic rings. The van der Waals surface area contributed by atoms with Gasteiger partial charge >= 0.3 is 6.18 Å². The van der Waals surface area contributed by atoms with Gasteiger partial charge in [0.1, 0.15) is 5.82 Å². The summed E-state index contributed by atoms with van der Waals surface area (Å²) in [6.07, 6.45) is -3.28. The van der Waals surface area contributed by atoms with Crippen LogP contribution < -0.4 is 0 Å². The van der Waals surface area contributed by atoms with Crippen molar-refractivity contribution in [1.82, 2.24) is 19.7 Å². The van der Waals surface area contributed by atoms with E-state index in [1.165, 1.54) is 0 Å². The Morgan fingerprint density at radius 3 is 2.18 bits per heavy atom. The molecule has 0 unspecified atom stereocenters. The van der Waals surface area contributed by atoms with Crippen LogP contribution in [0.15, 0.2) is 35.4 Å². The van der Waals surface area contributed by atoms with E-state index in [1.54, 1.807) is 0 Å². The van der Waals surface area contributed by atoms with Gasteiger partial charge in [0.25, 0.3) is 5.82 Å². The zero-order chi connectivity index (χ0) is 20.9. The molecule has 13 heteroatoms. The van der Waals surface area contributed by atoms with E-state index in [1.807, 2.05) is 0 Å². The first-order valence-corrected chi connectivity index (χ1v) is 9.12. The van der Waals surface area contributed by atoms with E-state index >= 15 is 0 Å². The largest absolute Gasteiger partial charge is 0.453 e. The number of rotatable bonds is 3.